The minimum absolute atomic E-state index is 0.0849. The van der Waals surface area contributed by atoms with Crippen molar-refractivity contribution >= 4 is 0 Å². The van der Waals surface area contributed by atoms with Crippen molar-refractivity contribution in [2.45, 2.75) is 40.7 Å². The van der Waals surface area contributed by atoms with Gasteiger partial charge in [-0.15, -0.1) is 0 Å². The molecule has 0 fully saturated rings. The van der Waals surface area contributed by atoms with Crippen molar-refractivity contribution in [3.05, 3.63) is 52.0 Å². The third kappa shape index (κ3) is 2.98. The number of hydrogen-bond acceptors (Lipinski definition) is 3. The van der Waals surface area contributed by atoms with Gasteiger partial charge in [-0.1, -0.05) is 19.1 Å². The summed E-state index contributed by atoms with van der Waals surface area (Å²) < 4.78 is 11.4. The maximum absolute atomic E-state index is 5.71. The van der Waals surface area contributed by atoms with E-state index in [9.17, 15) is 0 Å². The van der Waals surface area contributed by atoms with E-state index in [-0.39, 0.29) is 6.04 Å². The highest BCUT2D eigenvalue weighted by Crippen LogP contribution is 2.36. The van der Waals surface area contributed by atoms with Crippen LogP contribution in [0.1, 0.15) is 46.7 Å². The molecule has 0 amide bonds. The Labute approximate surface area is 127 Å². The number of furan rings is 1. The van der Waals surface area contributed by atoms with Gasteiger partial charge in [0.2, 0.25) is 0 Å². The molecule has 3 heteroatoms. The van der Waals surface area contributed by atoms with Crippen LogP contribution in [0.5, 0.6) is 5.75 Å². The summed E-state index contributed by atoms with van der Waals surface area (Å²) in [5.74, 6) is 2.85. The lowest BCUT2D eigenvalue weighted by atomic mass is 9.94. The maximum atomic E-state index is 5.71. The third-order valence-electron chi connectivity index (χ3n) is 4.02. The number of nitrogens with one attached hydrogen (secondary N) is 1. The molecule has 1 atom stereocenters. The molecule has 1 aromatic heterocycles. The molecule has 0 aliphatic carbocycles. The van der Waals surface area contributed by atoms with Crippen molar-refractivity contribution in [3.63, 3.8) is 0 Å². The Bertz CT molecular complexity index is 628. The zero-order valence-corrected chi connectivity index (χ0v) is 13.8. The fraction of sp³-hybridized carbons (Fsp3) is 0.444. The average molecular weight is 287 g/mol. The molecular weight excluding hydrogens is 262 g/mol. The number of ether oxygens (including phenoxy) is 1. The van der Waals surface area contributed by atoms with Crippen molar-refractivity contribution in [2.75, 3.05) is 13.7 Å². The number of methoxy groups -OCH3 is 1. The first-order valence-electron chi connectivity index (χ1n) is 7.44. The van der Waals surface area contributed by atoms with Crippen molar-refractivity contribution < 1.29 is 9.15 Å². The van der Waals surface area contributed by atoms with Gasteiger partial charge in [-0.05, 0) is 51.4 Å². The molecule has 1 unspecified atom stereocenters. The van der Waals surface area contributed by atoms with Gasteiger partial charge in [0.25, 0.3) is 0 Å². The molecule has 21 heavy (non-hydrogen) atoms. The van der Waals surface area contributed by atoms with Crippen molar-refractivity contribution in [2.24, 2.45) is 0 Å². The predicted molar refractivity (Wildman–Crippen MR) is 86.2 cm³/mol. The highest BCUT2D eigenvalue weighted by atomic mass is 16.5. The van der Waals surface area contributed by atoms with Crippen LogP contribution in [0.2, 0.25) is 0 Å². The first-order chi connectivity index (χ1) is 9.99. The monoisotopic (exact) mass is 287 g/mol. The van der Waals surface area contributed by atoms with E-state index in [0.717, 1.165) is 29.4 Å². The zero-order chi connectivity index (χ0) is 15.6. The van der Waals surface area contributed by atoms with Gasteiger partial charge in [0.1, 0.15) is 17.3 Å². The summed E-state index contributed by atoms with van der Waals surface area (Å²) in [7, 11) is 1.74. The van der Waals surface area contributed by atoms with Gasteiger partial charge in [-0.25, -0.2) is 0 Å². The molecule has 0 bridgehead atoms. The highest BCUT2D eigenvalue weighted by Gasteiger charge is 2.23. The van der Waals surface area contributed by atoms with E-state index in [4.69, 9.17) is 9.15 Å². The van der Waals surface area contributed by atoms with E-state index in [1.165, 1.54) is 16.7 Å². The quantitative estimate of drug-likeness (QED) is 0.894. The summed E-state index contributed by atoms with van der Waals surface area (Å²) in [5.41, 5.74) is 4.77. The standard InChI is InChI=1S/C18H25NO2/c1-7-19-17(16-10-12(3)21-14(16)5)15-9-8-11(2)13(4)18(15)20-6/h8-10,17,19H,7H2,1-6H3. The van der Waals surface area contributed by atoms with Gasteiger partial charge in [0.05, 0.1) is 13.2 Å². The van der Waals surface area contributed by atoms with Crippen LogP contribution in [0.4, 0.5) is 0 Å². The molecule has 0 radical (unpaired) electrons. The number of rotatable bonds is 5. The molecule has 0 saturated carbocycles. The van der Waals surface area contributed by atoms with E-state index in [0.29, 0.717) is 0 Å². The second-order valence-corrected chi connectivity index (χ2v) is 5.49. The number of benzene rings is 1. The lowest BCUT2D eigenvalue weighted by Crippen LogP contribution is -2.23. The molecule has 1 N–H and O–H groups in total. The van der Waals surface area contributed by atoms with Crippen LogP contribution in [-0.4, -0.2) is 13.7 Å². The summed E-state index contributed by atoms with van der Waals surface area (Å²) in [6.45, 7) is 11.2. The van der Waals surface area contributed by atoms with E-state index in [1.54, 1.807) is 7.11 Å². The van der Waals surface area contributed by atoms with Gasteiger partial charge < -0.3 is 14.5 Å². The first kappa shape index (κ1) is 15.6. The molecule has 0 spiro atoms. The van der Waals surface area contributed by atoms with Crippen LogP contribution >= 0.6 is 0 Å². The molecule has 1 aromatic carbocycles. The molecule has 0 saturated heterocycles. The summed E-state index contributed by atoms with van der Waals surface area (Å²) in [6, 6.07) is 6.49. The topological polar surface area (TPSA) is 34.4 Å². The number of aryl methyl sites for hydroxylation is 3. The van der Waals surface area contributed by atoms with E-state index in [1.807, 2.05) is 13.8 Å². The molecular formula is C18H25NO2. The second-order valence-electron chi connectivity index (χ2n) is 5.49. The maximum Gasteiger partial charge on any atom is 0.127 e. The van der Waals surface area contributed by atoms with Crippen LogP contribution in [0.15, 0.2) is 22.6 Å². The molecule has 114 valence electrons. The van der Waals surface area contributed by atoms with Crippen LogP contribution in [0.25, 0.3) is 0 Å². The minimum atomic E-state index is 0.0849. The average Bonchev–Trinajstić information content (AvgIpc) is 2.78. The lowest BCUT2D eigenvalue weighted by molar-refractivity contribution is 0.400. The minimum Gasteiger partial charge on any atom is -0.496 e. The van der Waals surface area contributed by atoms with E-state index in [2.05, 4.69) is 44.3 Å². The Morgan fingerprint density at radius 2 is 1.86 bits per heavy atom. The Balaban J connectivity index is 2.58. The van der Waals surface area contributed by atoms with Crippen molar-refractivity contribution in [1.29, 1.82) is 0 Å². The smallest absolute Gasteiger partial charge is 0.127 e. The van der Waals surface area contributed by atoms with Gasteiger partial charge in [-0.3, -0.25) is 0 Å². The Kier molecular flexibility index (Phi) is 4.73. The molecule has 2 rings (SSSR count). The van der Waals surface area contributed by atoms with Crippen LogP contribution in [0.3, 0.4) is 0 Å². The summed E-state index contributed by atoms with van der Waals surface area (Å²) in [6.07, 6.45) is 0. The summed E-state index contributed by atoms with van der Waals surface area (Å²) in [4.78, 5) is 0. The van der Waals surface area contributed by atoms with Gasteiger partial charge in [0, 0.05) is 11.1 Å². The summed E-state index contributed by atoms with van der Waals surface area (Å²) in [5, 5.41) is 3.55. The van der Waals surface area contributed by atoms with Gasteiger partial charge >= 0.3 is 0 Å². The lowest BCUT2D eigenvalue weighted by Gasteiger charge is -2.22. The van der Waals surface area contributed by atoms with Crippen LogP contribution < -0.4 is 10.1 Å². The molecule has 1 heterocycles. The molecule has 2 aromatic rings. The molecule has 0 aliphatic heterocycles. The van der Waals surface area contributed by atoms with E-state index >= 15 is 0 Å². The fourth-order valence-corrected chi connectivity index (χ4v) is 2.84. The number of hydrogen-bond donors (Lipinski definition) is 1. The molecule has 3 nitrogen and oxygen atoms in total. The SMILES string of the molecule is CCNC(c1cc(C)oc1C)c1ccc(C)c(C)c1OC. The van der Waals surface area contributed by atoms with Crippen molar-refractivity contribution in [1.82, 2.24) is 5.32 Å². The van der Waals surface area contributed by atoms with Crippen LogP contribution in [0, 0.1) is 27.7 Å². The molecule has 0 aliphatic rings. The predicted octanol–water partition coefficient (Wildman–Crippen LogP) is 4.22. The van der Waals surface area contributed by atoms with Gasteiger partial charge in [-0.2, -0.15) is 0 Å². The fourth-order valence-electron chi connectivity index (χ4n) is 2.84. The van der Waals surface area contributed by atoms with Crippen molar-refractivity contribution in [3.8, 4) is 5.75 Å². The Hall–Kier alpha value is -1.74. The van der Waals surface area contributed by atoms with E-state index < -0.39 is 0 Å². The van der Waals surface area contributed by atoms with Crippen LogP contribution in [-0.2, 0) is 0 Å². The normalized spacial score (nSPS) is 12.5. The first-order valence-corrected chi connectivity index (χ1v) is 7.44. The Morgan fingerprint density at radius 1 is 1.14 bits per heavy atom. The Morgan fingerprint density at radius 3 is 2.38 bits per heavy atom. The second kappa shape index (κ2) is 6.35. The largest absolute Gasteiger partial charge is 0.496 e. The van der Waals surface area contributed by atoms with Gasteiger partial charge in [0.15, 0.2) is 0 Å². The summed E-state index contributed by atoms with van der Waals surface area (Å²) >= 11 is 0. The zero-order valence-electron chi connectivity index (χ0n) is 13.8. The highest BCUT2D eigenvalue weighted by molar-refractivity contribution is 5.50. The third-order valence-corrected chi connectivity index (χ3v) is 4.02.